The van der Waals surface area contributed by atoms with Gasteiger partial charge in [-0.25, -0.2) is 0 Å². The normalized spacial score (nSPS) is 15.6. The van der Waals surface area contributed by atoms with Crippen LogP contribution < -0.4 is 0 Å². The molecule has 1 aliphatic rings. The van der Waals surface area contributed by atoms with Gasteiger partial charge < -0.3 is 5.11 Å². The summed E-state index contributed by atoms with van der Waals surface area (Å²) in [5.41, 5.74) is 0.407. The Morgan fingerprint density at radius 3 is 2.53 bits per heavy atom. The quantitative estimate of drug-likeness (QED) is 0.734. The topological polar surface area (TPSA) is 54.4 Å². The summed E-state index contributed by atoms with van der Waals surface area (Å²) in [5.74, 6) is -1.46. The number of carbonyl (C=O) groups excluding carboxylic acids is 2. The number of benzene rings is 1. The van der Waals surface area contributed by atoms with Crippen molar-refractivity contribution in [3.05, 3.63) is 45.7 Å². The zero-order valence-corrected chi connectivity index (χ0v) is 8.63. The predicted molar refractivity (Wildman–Crippen MR) is 55.4 cm³/mol. The summed E-state index contributed by atoms with van der Waals surface area (Å²) in [4.78, 5) is 23.3. The average Bonchev–Trinajstić information content (AvgIpc) is 2.23. The molecule has 0 spiro atoms. The van der Waals surface area contributed by atoms with E-state index in [0.717, 1.165) is 0 Å². The minimum atomic E-state index is -0.590. The number of halogens is 1. The molecule has 1 aliphatic carbocycles. The van der Waals surface area contributed by atoms with E-state index >= 15 is 0 Å². The zero-order valence-electron chi connectivity index (χ0n) is 7.87. The molecule has 0 heterocycles. The Balaban J connectivity index is 2.79. The lowest BCUT2D eigenvalue weighted by Gasteiger charge is -2.15. The molecule has 3 nitrogen and oxygen atoms in total. The number of hydrogen-bond acceptors (Lipinski definition) is 3. The van der Waals surface area contributed by atoms with Crippen LogP contribution in [0.4, 0.5) is 0 Å². The van der Waals surface area contributed by atoms with E-state index in [1.165, 1.54) is 19.1 Å². The van der Waals surface area contributed by atoms with Gasteiger partial charge in [0.2, 0.25) is 5.78 Å². The lowest BCUT2D eigenvalue weighted by molar-refractivity contribution is 0.0929. The molecular formula is C11H7ClO3. The summed E-state index contributed by atoms with van der Waals surface area (Å²) in [7, 11) is 0. The van der Waals surface area contributed by atoms with Gasteiger partial charge in [-0.1, -0.05) is 23.7 Å². The van der Waals surface area contributed by atoms with Crippen LogP contribution in [0, 0.1) is 0 Å². The highest BCUT2D eigenvalue weighted by Crippen LogP contribution is 2.29. The van der Waals surface area contributed by atoms with E-state index < -0.39 is 11.5 Å². The Hall–Kier alpha value is -1.61. The van der Waals surface area contributed by atoms with Gasteiger partial charge in [0, 0.05) is 11.1 Å². The van der Waals surface area contributed by atoms with Gasteiger partial charge in [-0.2, -0.15) is 0 Å². The molecule has 0 aliphatic heterocycles. The summed E-state index contributed by atoms with van der Waals surface area (Å²) in [6.07, 6.45) is 0. The van der Waals surface area contributed by atoms with Crippen molar-refractivity contribution in [3.63, 3.8) is 0 Å². The fraction of sp³-hybridized carbons (Fsp3) is 0.0909. The molecular weight excluding hydrogens is 216 g/mol. The van der Waals surface area contributed by atoms with E-state index in [1.807, 2.05) is 0 Å². The second-order valence-electron chi connectivity index (χ2n) is 3.29. The third kappa shape index (κ3) is 1.27. The summed E-state index contributed by atoms with van der Waals surface area (Å²) >= 11 is 5.81. The number of hydrogen-bond donors (Lipinski definition) is 1. The van der Waals surface area contributed by atoms with Gasteiger partial charge in [0.05, 0.1) is 10.6 Å². The third-order valence-electron chi connectivity index (χ3n) is 2.40. The van der Waals surface area contributed by atoms with E-state index in [1.54, 1.807) is 6.07 Å². The van der Waals surface area contributed by atoms with Gasteiger partial charge in [0.25, 0.3) is 0 Å². The number of aliphatic hydroxyl groups excluding tert-OH is 1. The largest absolute Gasteiger partial charge is 0.504 e. The maximum absolute atomic E-state index is 11.7. The molecule has 15 heavy (non-hydrogen) atoms. The van der Waals surface area contributed by atoms with Gasteiger partial charge in [0.1, 0.15) is 0 Å². The van der Waals surface area contributed by atoms with Crippen molar-refractivity contribution in [2.45, 2.75) is 6.92 Å². The van der Waals surface area contributed by atoms with Crippen molar-refractivity contribution in [2.75, 3.05) is 0 Å². The minimum absolute atomic E-state index is 0.0646. The highest BCUT2D eigenvalue weighted by atomic mass is 35.5. The van der Waals surface area contributed by atoms with Crippen molar-refractivity contribution >= 4 is 23.2 Å². The van der Waals surface area contributed by atoms with Crippen molar-refractivity contribution < 1.29 is 14.7 Å². The molecule has 1 N–H and O–H groups in total. The summed E-state index contributed by atoms with van der Waals surface area (Å²) in [6.45, 7) is 1.42. The number of carbonyl (C=O) groups is 2. The minimum Gasteiger partial charge on any atom is -0.504 e. The highest BCUT2D eigenvalue weighted by molar-refractivity contribution is 6.38. The highest BCUT2D eigenvalue weighted by Gasteiger charge is 2.31. The second-order valence-corrected chi connectivity index (χ2v) is 3.70. The smallest absolute Gasteiger partial charge is 0.229 e. The fourth-order valence-corrected chi connectivity index (χ4v) is 1.80. The van der Waals surface area contributed by atoms with Crippen molar-refractivity contribution in [2.24, 2.45) is 0 Å². The number of Topliss-reactive ketones (excluding diaryl/α,β-unsaturated/α-hetero) is 2. The van der Waals surface area contributed by atoms with Crippen LogP contribution in [0.1, 0.15) is 27.6 Å². The Bertz CT molecular complexity index is 515. The standard InChI is InChI=1S/C11H7ClO3/c1-5-9(13)6-3-2-4-7(12)8(6)11(15)10(5)14/h2-4,14H,1H3. The van der Waals surface area contributed by atoms with E-state index in [9.17, 15) is 14.7 Å². The number of fused-ring (bicyclic) bond motifs is 1. The van der Waals surface area contributed by atoms with E-state index in [4.69, 9.17) is 11.6 Å². The number of allylic oxidation sites excluding steroid dienone is 2. The van der Waals surface area contributed by atoms with Crippen LogP contribution in [0.2, 0.25) is 5.02 Å². The van der Waals surface area contributed by atoms with E-state index in [2.05, 4.69) is 0 Å². The molecule has 0 unspecified atom stereocenters. The summed E-state index contributed by atoms with van der Waals surface area (Å²) < 4.78 is 0. The Morgan fingerprint density at radius 1 is 1.20 bits per heavy atom. The first-order valence-electron chi connectivity index (χ1n) is 4.31. The lowest BCUT2D eigenvalue weighted by Crippen LogP contribution is -2.21. The van der Waals surface area contributed by atoms with Gasteiger partial charge in [-0.15, -0.1) is 0 Å². The molecule has 4 heteroatoms. The molecule has 0 radical (unpaired) electrons. The van der Waals surface area contributed by atoms with Crippen molar-refractivity contribution in [1.29, 1.82) is 0 Å². The van der Waals surface area contributed by atoms with Gasteiger partial charge >= 0.3 is 0 Å². The Labute approximate surface area is 91.0 Å². The average molecular weight is 223 g/mol. The fourth-order valence-electron chi connectivity index (χ4n) is 1.54. The first kappa shape index (κ1) is 9.93. The predicted octanol–water partition coefficient (Wildman–Crippen LogP) is 2.55. The third-order valence-corrected chi connectivity index (χ3v) is 2.71. The van der Waals surface area contributed by atoms with Crippen LogP contribution in [-0.4, -0.2) is 16.7 Å². The van der Waals surface area contributed by atoms with Crippen molar-refractivity contribution in [1.82, 2.24) is 0 Å². The molecule has 2 rings (SSSR count). The maximum Gasteiger partial charge on any atom is 0.229 e. The van der Waals surface area contributed by atoms with E-state index in [-0.39, 0.29) is 27.5 Å². The van der Waals surface area contributed by atoms with Crippen LogP contribution >= 0.6 is 11.6 Å². The number of ketones is 2. The molecule has 1 aromatic rings. The Morgan fingerprint density at radius 2 is 1.87 bits per heavy atom. The van der Waals surface area contributed by atoms with Gasteiger partial charge in [0.15, 0.2) is 11.5 Å². The molecule has 0 saturated carbocycles. The van der Waals surface area contributed by atoms with Gasteiger partial charge in [-0.05, 0) is 13.0 Å². The van der Waals surface area contributed by atoms with E-state index in [0.29, 0.717) is 0 Å². The van der Waals surface area contributed by atoms with Crippen LogP contribution in [0.5, 0.6) is 0 Å². The molecule has 76 valence electrons. The monoisotopic (exact) mass is 222 g/mol. The number of rotatable bonds is 0. The van der Waals surface area contributed by atoms with Crippen LogP contribution in [0.25, 0.3) is 0 Å². The second kappa shape index (κ2) is 3.21. The summed E-state index contributed by atoms with van der Waals surface area (Å²) in [5, 5.41) is 9.62. The first-order chi connectivity index (χ1) is 7.04. The molecule has 0 saturated heterocycles. The van der Waals surface area contributed by atoms with Crippen LogP contribution in [-0.2, 0) is 0 Å². The lowest BCUT2D eigenvalue weighted by atomic mass is 9.89. The van der Waals surface area contributed by atoms with Crippen LogP contribution in [0.15, 0.2) is 29.5 Å². The first-order valence-corrected chi connectivity index (χ1v) is 4.69. The van der Waals surface area contributed by atoms with Gasteiger partial charge in [-0.3, -0.25) is 9.59 Å². The van der Waals surface area contributed by atoms with Crippen molar-refractivity contribution in [3.8, 4) is 0 Å². The maximum atomic E-state index is 11.7. The SMILES string of the molecule is CC1=C(O)C(=O)c2c(Cl)cccc2C1=O. The molecule has 0 fully saturated rings. The molecule has 0 amide bonds. The van der Waals surface area contributed by atoms with Crippen LogP contribution in [0.3, 0.4) is 0 Å². The molecule has 0 bridgehead atoms. The Kier molecular flexibility index (Phi) is 2.12. The molecule has 1 aromatic carbocycles. The molecule has 0 aromatic heterocycles. The zero-order chi connectivity index (χ0) is 11.2. The summed E-state index contributed by atoms with van der Waals surface area (Å²) in [6, 6.07) is 4.64. The number of aliphatic hydroxyl groups is 1. The molecule has 0 atom stereocenters.